The van der Waals surface area contributed by atoms with Crippen LogP contribution in [0, 0.1) is 11.7 Å². The van der Waals surface area contributed by atoms with Gasteiger partial charge in [-0.3, -0.25) is 14.9 Å². The monoisotopic (exact) mass is 360 g/mol. The van der Waals surface area contributed by atoms with E-state index < -0.39 is 0 Å². The molecule has 0 aliphatic carbocycles. The largest absolute Gasteiger partial charge is 0.396 e. The molecule has 6 heteroatoms. The zero-order chi connectivity index (χ0) is 18.5. The standard InChI is InChI=1S/C20H29FN4O/c1-15(2)12-25-9-8-24(14-19(25)7-10-26)13-17-11-22-23-20(17)16-3-5-18(21)6-4-16/h3-6,11,15,19,26H,7-10,12-14H2,1-2H3,(H,22,23)/t19-/m0/s1. The van der Waals surface area contributed by atoms with Crippen molar-refractivity contribution in [1.29, 1.82) is 0 Å². The molecule has 0 radical (unpaired) electrons. The molecule has 0 amide bonds. The summed E-state index contributed by atoms with van der Waals surface area (Å²) >= 11 is 0. The molecular formula is C20H29FN4O. The van der Waals surface area contributed by atoms with E-state index in [1.807, 2.05) is 6.20 Å². The summed E-state index contributed by atoms with van der Waals surface area (Å²) in [5.41, 5.74) is 3.02. The number of hydrogen-bond acceptors (Lipinski definition) is 4. The Kier molecular flexibility index (Phi) is 6.40. The van der Waals surface area contributed by atoms with E-state index in [1.54, 1.807) is 12.1 Å². The van der Waals surface area contributed by atoms with Gasteiger partial charge in [-0.25, -0.2) is 4.39 Å². The quantitative estimate of drug-likeness (QED) is 0.797. The molecule has 1 aromatic carbocycles. The molecule has 0 spiro atoms. The Bertz CT molecular complexity index is 685. The molecule has 0 saturated carbocycles. The first kappa shape index (κ1) is 19.0. The predicted octanol–water partition coefficient (Wildman–Crippen LogP) is 2.74. The molecule has 2 heterocycles. The van der Waals surface area contributed by atoms with Crippen molar-refractivity contribution in [2.45, 2.75) is 32.9 Å². The van der Waals surface area contributed by atoms with Gasteiger partial charge in [0.15, 0.2) is 0 Å². The lowest BCUT2D eigenvalue weighted by molar-refractivity contribution is 0.0477. The van der Waals surface area contributed by atoms with Crippen molar-refractivity contribution < 1.29 is 9.50 Å². The Morgan fingerprint density at radius 1 is 1.27 bits per heavy atom. The minimum absolute atomic E-state index is 0.222. The van der Waals surface area contributed by atoms with Crippen molar-refractivity contribution in [3.8, 4) is 11.3 Å². The van der Waals surface area contributed by atoms with Gasteiger partial charge in [0.2, 0.25) is 0 Å². The van der Waals surface area contributed by atoms with Crippen LogP contribution in [0.4, 0.5) is 4.39 Å². The highest BCUT2D eigenvalue weighted by Crippen LogP contribution is 2.24. The molecule has 1 fully saturated rings. The molecule has 1 aromatic heterocycles. The van der Waals surface area contributed by atoms with Crippen LogP contribution < -0.4 is 0 Å². The average molecular weight is 360 g/mol. The Balaban J connectivity index is 1.68. The minimum atomic E-state index is -0.233. The van der Waals surface area contributed by atoms with Crippen LogP contribution in [0.2, 0.25) is 0 Å². The van der Waals surface area contributed by atoms with Crippen LogP contribution in [0.5, 0.6) is 0 Å². The van der Waals surface area contributed by atoms with Crippen molar-refractivity contribution >= 4 is 0 Å². The van der Waals surface area contributed by atoms with Crippen molar-refractivity contribution in [2.75, 3.05) is 32.8 Å². The van der Waals surface area contributed by atoms with Gasteiger partial charge in [-0.2, -0.15) is 5.10 Å². The maximum atomic E-state index is 13.2. The number of H-pyrrole nitrogens is 1. The van der Waals surface area contributed by atoms with Gasteiger partial charge in [-0.15, -0.1) is 0 Å². The second-order valence-electron chi connectivity index (χ2n) is 7.57. The first-order chi connectivity index (χ1) is 12.6. The summed E-state index contributed by atoms with van der Waals surface area (Å²) in [4.78, 5) is 4.93. The molecule has 0 unspecified atom stereocenters. The molecule has 2 N–H and O–H groups in total. The number of aromatic nitrogens is 2. The summed E-state index contributed by atoms with van der Waals surface area (Å²) in [5, 5.41) is 16.7. The second-order valence-corrected chi connectivity index (χ2v) is 7.57. The van der Waals surface area contributed by atoms with Crippen LogP contribution >= 0.6 is 0 Å². The van der Waals surface area contributed by atoms with E-state index in [0.29, 0.717) is 12.0 Å². The zero-order valence-electron chi connectivity index (χ0n) is 15.7. The van der Waals surface area contributed by atoms with Gasteiger partial charge in [0, 0.05) is 56.5 Å². The molecule has 1 aliphatic rings. The first-order valence-electron chi connectivity index (χ1n) is 9.42. The Morgan fingerprint density at radius 2 is 2.04 bits per heavy atom. The fourth-order valence-corrected chi connectivity index (χ4v) is 3.77. The number of piperazine rings is 1. The maximum Gasteiger partial charge on any atom is 0.123 e. The zero-order valence-corrected chi connectivity index (χ0v) is 15.7. The highest BCUT2D eigenvalue weighted by molar-refractivity contribution is 5.62. The summed E-state index contributed by atoms with van der Waals surface area (Å²) in [5.74, 6) is 0.393. The molecule has 2 aromatic rings. The molecule has 1 saturated heterocycles. The number of benzene rings is 1. The van der Waals surface area contributed by atoms with Crippen molar-refractivity contribution in [3.05, 3.63) is 41.8 Å². The molecule has 1 atom stereocenters. The third-order valence-corrected chi connectivity index (χ3v) is 5.00. The van der Waals surface area contributed by atoms with Gasteiger partial charge in [-0.05, 0) is 36.6 Å². The maximum absolute atomic E-state index is 13.2. The SMILES string of the molecule is CC(C)CN1CCN(Cc2cn[nH]c2-c2ccc(F)cc2)C[C@@H]1CCO. The fraction of sp³-hybridized carbons (Fsp3) is 0.550. The minimum Gasteiger partial charge on any atom is -0.396 e. The number of aliphatic hydroxyl groups excluding tert-OH is 1. The number of aromatic amines is 1. The third kappa shape index (κ3) is 4.69. The second kappa shape index (κ2) is 8.75. The molecule has 1 aliphatic heterocycles. The Labute approximate surface area is 154 Å². The van der Waals surface area contributed by atoms with Gasteiger partial charge in [0.05, 0.1) is 11.9 Å². The van der Waals surface area contributed by atoms with Crippen LogP contribution in [0.3, 0.4) is 0 Å². The molecule has 0 bridgehead atoms. The normalized spacial score (nSPS) is 19.3. The molecule has 142 valence electrons. The van der Waals surface area contributed by atoms with E-state index in [4.69, 9.17) is 0 Å². The predicted molar refractivity (Wildman–Crippen MR) is 101 cm³/mol. The van der Waals surface area contributed by atoms with Crippen molar-refractivity contribution in [2.24, 2.45) is 5.92 Å². The molecule has 5 nitrogen and oxygen atoms in total. The van der Waals surface area contributed by atoms with E-state index in [1.165, 1.54) is 12.1 Å². The van der Waals surface area contributed by atoms with Crippen LogP contribution in [0.25, 0.3) is 11.3 Å². The van der Waals surface area contributed by atoms with Crippen molar-refractivity contribution in [1.82, 2.24) is 20.0 Å². The van der Waals surface area contributed by atoms with E-state index >= 15 is 0 Å². The Morgan fingerprint density at radius 3 is 2.73 bits per heavy atom. The highest BCUT2D eigenvalue weighted by Gasteiger charge is 2.27. The van der Waals surface area contributed by atoms with Crippen molar-refractivity contribution in [3.63, 3.8) is 0 Å². The van der Waals surface area contributed by atoms with E-state index in [0.717, 1.165) is 56.0 Å². The number of rotatable bonds is 7. The van der Waals surface area contributed by atoms with Crippen LogP contribution in [-0.2, 0) is 6.54 Å². The van der Waals surface area contributed by atoms with Gasteiger partial charge in [-0.1, -0.05) is 13.8 Å². The van der Waals surface area contributed by atoms with Crippen LogP contribution in [0.15, 0.2) is 30.5 Å². The fourth-order valence-electron chi connectivity index (χ4n) is 3.77. The number of hydrogen-bond donors (Lipinski definition) is 2. The summed E-state index contributed by atoms with van der Waals surface area (Å²) in [6.45, 7) is 9.55. The number of aliphatic hydroxyl groups is 1. The lowest BCUT2D eigenvalue weighted by Gasteiger charge is -2.42. The van der Waals surface area contributed by atoms with Gasteiger partial charge >= 0.3 is 0 Å². The van der Waals surface area contributed by atoms with Gasteiger partial charge in [0.1, 0.15) is 5.82 Å². The van der Waals surface area contributed by atoms with Crippen LogP contribution in [-0.4, -0.2) is 63.9 Å². The number of nitrogens with zero attached hydrogens (tertiary/aromatic N) is 3. The van der Waals surface area contributed by atoms with E-state index in [2.05, 4.69) is 33.8 Å². The summed E-state index contributed by atoms with van der Waals surface area (Å²) < 4.78 is 13.2. The topological polar surface area (TPSA) is 55.4 Å². The highest BCUT2D eigenvalue weighted by atomic mass is 19.1. The lowest BCUT2D eigenvalue weighted by Crippen LogP contribution is -2.53. The molecule has 3 rings (SSSR count). The first-order valence-corrected chi connectivity index (χ1v) is 9.42. The summed E-state index contributed by atoms with van der Waals surface area (Å²) in [6, 6.07) is 6.89. The van der Waals surface area contributed by atoms with E-state index in [9.17, 15) is 9.50 Å². The lowest BCUT2D eigenvalue weighted by atomic mass is 10.0. The summed E-state index contributed by atoms with van der Waals surface area (Å²) in [7, 11) is 0. The average Bonchev–Trinajstić information content (AvgIpc) is 3.06. The number of nitrogens with one attached hydrogen (secondary N) is 1. The Hall–Kier alpha value is -1.76. The smallest absolute Gasteiger partial charge is 0.123 e. The van der Waals surface area contributed by atoms with Gasteiger partial charge in [0.25, 0.3) is 0 Å². The number of halogens is 1. The summed E-state index contributed by atoms with van der Waals surface area (Å²) in [6.07, 6.45) is 2.67. The van der Waals surface area contributed by atoms with Crippen LogP contribution in [0.1, 0.15) is 25.8 Å². The third-order valence-electron chi connectivity index (χ3n) is 5.00. The van der Waals surface area contributed by atoms with E-state index in [-0.39, 0.29) is 12.4 Å². The van der Waals surface area contributed by atoms with Gasteiger partial charge < -0.3 is 5.11 Å². The molecule has 26 heavy (non-hydrogen) atoms. The molecular weight excluding hydrogens is 331 g/mol.